The van der Waals surface area contributed by atoms with Gasteiger partial charge in [0.05, 0.1) is 23.5 Å². The number of carbonyl (C=O) groups is 1. The van der Waals surface area contributed by atoms with Crippen molar-refractivity contribution >= 4 is 17.3 Å². The Hall–Kier alpha value is -2.53. The van der Waals surface area contributed by atoms with Crippen LogP contribution in [0.15, 0.2) is 48.5 Å². The first-order chi connectivity index (χ1) is 10.1. The molecule has 1 amide bonds. The summed E-state index contributed by atoms with van der Waals surface area (Å²) in [6, 6.07) is 14.8. The number of amides is 1. The minimum atomic E-state index is -0.534. The SMILES string of the molecule is NC(=O)c1cccc(N)c1N(CCO)Cc1ccccc1. The van der Waals surface area contributed by atoms with Gasteiger partial charge in [-0.05, 0) is 17.7 Å². The molecule has 0 bridgehead atoms. The Kier molecular flexibility index (Phi) is 4.79. The summed E-state index contributed by atoms with van der Waals surface area (Å²) in [6.07, 6.45) is 0. The van der Waals surface area contributed by atoms with Crippen LogP contribution in [0.25, 0.3) is 0 Å². The van der Waals surface area contributed by atoms with Crippen molar-refractivity contribution in [3.8, 4) is 0 Å². The second-order valence-corrected chi connectivity index (χ2v) is 4.74. The summed E-state index contributed by atoms with van der Waals surface area (Å²) in [5, 5.41) is 9.30. The number of carbonyl (C=O) groups excluding carboxylic acids is 1. The molecule has 5 heteroatoms. The smallest absolute Gasteiger partial charge is 0.250 e. The van der Waals surface area contributed by atoms with Crippen LogP contribution in [0.2, 0.25) is 0 Å². The van der Waals surface area contributed by atoms with Crippen LogP contribution in [0.3, 0.4) is 0 Å². The Balaban J connectivity index is 2.41. The Bertz CT molecular complexity index is 614. The monoisotopic (exact) mass is 285 g/mol. The number of hydrogen-bond donors (Lipinski definition) is 3. The first-order valence-electron chi connectivity index (χ1n) is 6.71. The molecule has 0 aromatic heterocycles. The van der Waals surface area contributed by atoms with Gasteiger partial charge in [0.25, 0.3) is 5.91 Å². The minimum Gasteiger partial charge on any atom is -0.397 e. The van der Waals surface area contributed by atoms with E-state index in [9.17, 15) is 9.90 Å². The van der Waals surface area contributed by atoms with Crippen LogP contribution in [0.5, 0.6) is 0 Å². The fourth-order valence-corrected chi connectivity index (χ4v) is 2.31. The van der Waals surface area contributed by atoms with Gasteiger partial charge in [-0.2, -0.15) is 0 Å². The van der Waals surface area contributed by atoms with Crippen molar-refractivity contribution in [2.75, 3.05) is 23.8 Å². The van der Waals surface area contributed by atoms with Crippen LogP contribution in [0, 0.1) is 0 Å². The Morgan fingerprint density at radius 1 is 1.10 bits per heavy atom. The number of para-hydroxylation sites is 1. The van der Waals surface area contributed by atoms with Crippen molar-refractivity contribution in [1.82, 2.24) is 0 Å². The number of nitrogen functional groups attached to an aromatic ring is 1. The van der Waals surface area contributed by atoms with Gasteiger partial charge in [0.1, 0.15) is 0 Å². The zero-order valence-electron chi connectivity index (χ0n) is 11.7. The summed E-state index contributed by atoms with van der Waals surface area (Å²) in [5.74, 6) is -0.534. The lowest BCUT2D eigenvalue weighted by molar-refractivity contribution is 0.100. The quantitative estimate of drug-likeness (QED) is 0.699. The fraction of sp³-hybridized carbons (Fsp3) is 0.188. The number of aliphatic hydroxyl groups is 1. The van der Waals surface area contributed by atoms with Crippen molar-refractivity contribution in [3.05, 3.63) is 59.7 Å². The van der Waals surface area contributed by atoms with E-state index >= 15 is 0 Å². The van der Waals surface area contributed by atoms with Gasteiger partial charge in [0.2, 0.25) is 0 Å². The molecule has 2 aromatic rings. The molecule has 0 heterocycles. The first kappa shape index (κ1) is 14.9. The number of anilines is 2. The number of nitrogens with two attached hydrogens (primary N) is 2. The largest absolute Gasteiger partial charge is 0.397 e. The second-order valence-electron chi connectivity index (χ2n) is 4.74. The summed E-state index contributed by atoms with van der Waals surface area (Å²) < 4.78 is 0. The Morgan fingerprint density at radius 3 is 2.43 bits per heavy atom. The van der Waals surface area contributed by atoms with Crippen LogP contribution in [0.1, 0.15) is 15.9 Å². The number of nitrogens with zero attached hydrogens (tertiary/aromatic N) is 1. The lowest BCUT2D eigenvalue weighted by Gasteiger charge is -2.27. The normalized spacial score (nSPS) is 10.3. The molecule has 0 unspecified atom stereocenters. The number of hydrogen-bond acceptors (Lipinski definition) is 4. The van der Waals surface area contributed by atoms with Gasteiger partial charge >= 0.3 is 0 Å². The standard InChI is InChI=1S/C16H19N3O2/c17-14-8-4-7-13(16(18)21)15(14)19(9-10-20)11-12-5-2-1-3-6-12/h1-8,20H,9-11,17H2,(H2,18,21). The zero-order chi connectivity index (χ0) is 15.2. The van der Waals surface area contributed by atoms with Gasteiger partial charge < -0.3 is 21.5 Å². The van der Waals surface area contributed by atoms with Crippen molar-refractivity contribution in [3.63, 3.8) is 0 Å². The molecule has 0 aliphatic carbocycles. The van der Waals surface area contributed by atoms with Crippen molar-refractivity contribution in [2.24, 2.45) is 5.73 Å². The third kappa shape index (κ3) is 3.52. The van der Waals surface area contributed by atoms with Crippen molar-refractivity contribution < 1.29 is 9.90 Å². The zero-order valence-corrected chi connectivity index (χ0v) is 11.7. The van der Waals surface area contributed by atoms with Gasteiger partial charge in [0.15, 0.2) is 0 Å². The molecule has 0 aliphatic heterocycles. The highest BCUT2D eigenvalue weighted by Crippen LogP contribution is 2.29. The molecule has 0 saturated heterocycles. The summed E-state index contributed by atoms with van der Waals surface area (Å²) in [6.45, 7) is 0.860. The molecule has 0 fully saturated rings. The van der Waals surface area contributed by atoms with Gasteiger partial charge in [-0.25, -0.2) is 0 Å². The van der Waals surface area contributed by atoms with E-state index in [0.717, 1.165) is 5.56 Å². The molecular formula is C16H19N3O2. The molecule has 5 nitrogen and oxygen atoms in total. The fourth-order valence-electron chi connectivity index (χ4n) is 2.31. The van der Waals surface area contributed by atoms with E-state index in [1.165, 1.54) is 0 Å². The van der Waals surface area contributed by atoms with Gasteiger partial charge in [-0.3, -0.25) is 4.79 Å². The average molecular weight is 285 g/mol. The highest BCUT2D eigenvalue weighted by atomic mass is 16.3. The molecule has 0 saturated carbocycles. The summed E-state index contributed by atoms with van der Waals surface area (Å²) in [4.78, 5) is 13.5. The van der Waals surface area contributed by atoms with E-state index in [1.54, 1.807) is 18.2 Å². The molecule has 5 N–H and O–H groups in total. The minimum absolute atomic E-state index is 0.0423. The predicted molar refractivity (Wildman–Crippen MR) is 84.0 cm³/mol. The molecule has 2 rings (SSSR count). The van der Waals surface area contributed by atoms with Crippen LogP contribution >= 0.6 is 0 Å². The summed E-state index contributed by atoms with van der Waals surface area (Å²) in [5.41, 5.74) is 13.9. The van der Waals surface area contributed by atoms with Crippen molar-refractivity contribution in [1.29, 1.82) is 0 Å². The van der Waals surface area contributed by atoms with Gasteiger partial charge in [-0.15, -0.1) is 0 Å². The molecule has 0 spiro atoms. The number of benzene rings is 2. The molecule has 21 heavy (non-hydrogen) atoms. The van der Waals surface area contributed by atoms with E-state index in [1.807, 2.05) is 35.2 Å². The third-order valence-electron chi connectivity index (χ3n) is 3.24. The summed E-state index contributed by atoms with van der Waals surface area (Å²) >= 11 is 0. The highest BCUT2D eigenvalue weighted by molar-refractivity contribution is 6.01. The van der Waals surface area contributed by atoms with E-state index in [2.05, 4.69) is 0 Å². The average Bonchev–Trinajstić information content (AvgIpc) is 2.47. The molecule has 0 radical (unpaired) electrons. The van der Waals surface area contributed by atoms with E-state index in [4.69, 9.17) is 11.5 Å². The molecular weight excluding hydrogens is 266 g/mol. The third-order valence-corrected chi connectivity index (χ3v) is 3.24. The number of aliphatic hydroxyl groups excluding tert-OH is 1. The molecule has 110 valence electrons. The molecule has 2 aromatic carbocycles. The van der Waals surface area contributed by atoms with E-state index < -0.39 is 5.91 Å². The van der Waals surface area contributed by atoms with Crippen LogP contribution in [-0.2, 0) is 6.54 Å². The molecule has 0 aliphatic rings. The first-order valence-corrected chi connectivity index (χ1v) is 6.71. The van der Waals surface area contributed by atoms with E-state index in [-0.39, 0.29) is 6.61 Å². The Labute approximate surface area is 123 Å². The topological polar surface area (TPSA) is 92.6 Å². The maximum absolute atomic E-state index is 11.6. The summed E-state index contributed by atoms with van der Waals surface area (Å²) in [7, 11) is 0. The van der Waals surface area contributed by atoms with Crippen LogP contribution < -0.4 is 16.4 Å². The molecule has 0 atom stereocenters. The predicted octanol–water partition coefficient (Wildman–Crippen LogP) is 1.37. The second kappa shape index (κ2) is 6.76. The number of primary amides is 1. The maximum atomic E-state index is 11.6. The number of rotatable bonds is 6. The van der Waals surface area contributed by atoms with Crippen LogP contribution in [-0.4, -0.2) is 24.2 Å². The van der Waals surface area contributed by atoms with Gasteiger partial charge in [0, 0.05) is 13.1 Å². The highest BCUT2D eigenvalue weighted by Gasteiger charge is 2.17. The lowest BCUT2D eigenvalue weighted by atomic mass is 10.1. The van der Waals surface area contributed by atoms with E-state index in [0.29, 0.717) is 30.0 Å². The maximum Gasteiger partial charge on any atom is 0.250 e. The lowest BCUT2D eigenvalue weighted by Crippen LogP contribution is -2.29. The van der Waals surface area contributed by atoms with Crippen LogP contribution in [0.4, 0.5) is 11.4 Å². The Morgan fingerprint density at radius 2 is 1.81 bits per heavy atom. The van der Waals surface area contributed by atoms with Crippen molar-refractivity contribution in [2.45, 2.75) is 6.54 Å². The van der Waals surface area contributed by atoms with Gasteiger partial charge in [-0.1, -0.05) is 36.4 Å².